The van der Waals surface area contributed by atoms with Crippen LogP contribution in [0.1, 0.15) is 30.1 Å². The average Bonchev–Trinajstić information content (AvgIpc) is 2.71. The molecule has 0 aliphatic carbocycles. The van der Waals surface area contributed by atoms with Crippen LogP contribution in [0.2, 0.25) is 0 Å². The lowest BCUT2D eigenvalue weighted by molar-refractivity contribution is -0.151. The van der Waals surface area contributed by atoms with E-state index in [1.807, 2.05) is 30.3 Å². The maximum atomic E-state index is 12.4. The van der Waals surface area contributed by atoms with Crippen LogP contribution in [0, 0.1) is 5.92 Å². The van der Waals surface area contributed by atoms with Crippen molar-refractivity contribution in [1.29, 1.82) is 0 Å². The number of hydrogen-bond acceptors (Lipinski definition) is 5. The third kappa shape index (κ3) is 4.27. The minimum absolute atomic E-state index is 0.136. The molecule has 0 saturated carbocycles. The average molecular weight is 369 g/mol. The van der Waals surface area contributed by atoms with Crippen LogP contribution >= 0.6 is 0 Å². The first-order valence-corrected chi connectivity index (χ1v) is 9.18. The highest BCUT2D eigenvalue weighted by Gasteiger charge is 2.28. The molecule has 0 unspecified atom stereocenters. The Morgan fingerprint density at radius 3 is 2.59 bits per heavy atom. The van der Waals surface area contributed by atoms with Crippen molar-refractivity contribution in [3.05, 3.63) is 42.0 Å². The van der Waals surface area contributed by atoms with E-state index in [9.17, 15) is 14.4 Å². The minimum atomic E-state index is -0.187. The van der Waals surface area contributed by atoms with Crippen molar-refractivity contribution >= 4 is 28.9 Å². The summed E-state index contributed by atoms with van der Waals surface area (Å²) in [5.74, 6) is -0.0783. The number of fused-ring (bicyclic) bond motifs is 1. The van der Waals surface area contributed by atoms with Crippen LogP contribution in [-0.2, 0) is 14.3 Å². The third-order valence-electron chi connectivity index (χ3n) is 4.87. The van der Waals surface area contributed by atoms with E-state index in [1.165, 1.54) is 0 Å². The summed E-state index contributed by atoms with van der Waals surface area (Å²) >= 11 is 0. The number of amides is 1. The summed E-state index contributed by atoms with van der Waals surface area (Å²) in [6.45, 7) is 3.03. The van der Waals surface area contributed by atoms with E-state index in [1.54, 1.807) is 17.9 Å². The highest BCUT2D eigenvalue weighted by Crippen LogP contribution is 2.27. The summed E-state index contributed by atoms with van der Waals surface area (Å²) in [7, 11) is 0. The number of rotatable bonds is 6. The van der Waals surface area contributed by atoms with E-state index < -0.39 is 0 Å². The Morgan fingerprint density at radius 1 is 1.15 bits per heavy atom. The highest BCUT2D eigenvalue weighted by atomic mass is 16.5. The standard InChI is InChI=1S/C21H23NO5/c1-2-26-21(25)16-9-11-22(12-10-16)20(24)14-27-19-8-7-15-5-3-4-6-17(15)18(19)13-23/h3-8,13,16H,2,9-12,14H2,1H3. The SMILES string of the molecule is CCOC(=O)C1CCN(C(=O)COc2ccc3ccccc3c2C=O)CC1. The Labute approximate surface area is 158 Å². The number of carbonyl (C=O) groups excluding carboxylic acids is 3. The smallest absolute Gasteiger partial charge is 0.309 e. The third-order valence-corrected chi connectivity index (χ3v) is 4.87. The monoisotopic (exact) mass is 369 g/mol. The van der Waals surface area contributed by atoms with Gasteiger partial charge in [-0.25, -0.2) is 0 Å². The van der Waals surface area contributed by atoms with Crippen LogP contribution in [0.25, 0.3) is 10.8 Å². The fraction of sp³-hybridized carbons (Fsp3) is 0.381. The van der Waals surface area contributed by atoms with Crippen molar-refractivity contribution in [3.8, 4) is 5.75 Å². The van der Waals surface area contributed by atoms with Gasteiger partial charge in [-0.15, -0.1) is 0 Å². The van der Waals surface area contributed by atoms with Crippen molar-refractivity contribution in [1.82, 2.24) is 4.90 Å². The molecule has 0 bridgehead atoms. The first-order chi connectivity index (χ1) is 13.1. The van der Waals surface area contributed by atoms with Crippen LogP contribution in [0.3, 0.4) is 0 Å². The van der Waals surface area contributed by atoms with E-state index in [2.05, 4.69) is 0 Å². The topological polar surface area (TPSA) is 72.9 Å². The highest BCUT2D eigenvalue weighted by molar-refractivity contribution is 6.00. The van der Waals surface area contributed by atoms with Gasteiger partial charge in [-0.2, -0.15) is 0 Å². The van der Waals surface area contributed by atoms with Gasteiger partial charge in [0.1, 0.15) is 5.75 Å². The van der Waals surface area contributed by atoms with Gasteiger partial charge in [-0.1, -0.05) is 30.3 Å². The van der Waals surface area contributed by atoms with E-state index in [-0.39, 0.29) is 24.4 Å². The second-order valence-electron chi connectivity index (χ2n) is 6.51. The Balaban J connectivity index is 1.59. The Bertz CT molecular complexity index is 840. The number of carbonyl (C=O) groups is 3. The molecule has 27 heavy (non-hydrogen) atoms. The van der Waals surface area contributed by atoms with Gasteiger partial charge >= 0.3 is 5.97 Å². The van der Waals surface area contributed by atoms with Gasteiger partial charge in [0.2, 0.25) is 0 Å². The van der Waals surface area contributed by atoms with Gasteiger partial charge in [0.15, 0.2) is 12.9 Å². The Kier molecular flexibility index (Phi) is 6.06. The van der Waals surface area contributed by atoms with E-state index in [0.29, 0.717) is 43.9 Å². The lowest BCUT2D eigenvalue weighted by Gasteiger charge is -2.30. The molecule has 0 atom stereocenters. The number of nitrogens with zero attached hydrogens (tertiary/aromatic N) is 1. The molecule has 0 radical (unpaired) electrons. The number of benzene rings is 2. The molecular formula is C21H23NO5. The Morgan fingerprint density at radius 2 is 1.89 bits per heavy atom. The van der Waals surface area contributed by atoms with Crippen LogP contribution in [-0.4, -0.2) is 49.4 Å². The van der Waals surface area contributed by atoms with Gasteiger partial charge in [0, 0.05) is 13.1 Å². The maximum absolute atomic E-state index is 12.4. The quantitative estimate of drug-likeness (QED) is 0.578. The van der Waals surface area contributed by atoms with Gasteiger partial charge in [-0.3, -0.25) is 14.4 Å². The number of piperidine rings is 1. The largest absolute Gasteiger partial charge is 0.483 e. The molecule has 1 fully saturated rings. The molecule has 2 aromatic carbocycles. The number of ether oxygens (including phenoxy) is 2. The molecule has 6 heteroatoms. The van der Waals surface area contributed by atoms with Crippen molar-refractivity contribution in [2.24, 2.45) is 5.92 Å². The molecule has 0 spiro atoms. The molecular weight excluding hydrogens is 346 g/mol. The second-order valence-corrected chi connectivity index (χ2v) is 6.51. The van der Waals surface area contributed by atoms with Gasteiger partial charge in [0.25, 0.3) is 5.91 Å². The van der Waals surface area contributed by atoms with Crippen LogP contribution in [0.5, 0.6) is 5.75 Å². The summed E-state index contributed by atoms with van der Waals surface area (Å²) in [5, 5.41) is 1.74. The zero-order chi connectivity index (χ0) is 19.2. The Hall–Kier alpha value is -2.89. The maximum Gasteiger partial charge on any atom is 0.309 e. The predicted octanol–water partition coefficient (Wildman–Crippen LogP) is 2.83. The first kappa shape index (κ1) is 18.9. The molecule has 1 aliphatic heterocycles. The van der Waals surface area contributed by atoms with Crippen LogP contribution < -0.4 is 4.74 Å². The van der Waals surface area contributed by atoms with Gasteiger partial charge in [0.05, 0.1) is 18.1 Å². The molecule has 1 aliphatic rings. The molecule has 2 aromatic rings. The zero-order valence-corrected chi connectivity index (χ0v) is 15.3. The van der Waals surface area contributed by atoms with Crippen molar-refractivity contribution in [3.63, 3.8) is 0 Å². The number of likely N-dealkylation sites (tertiary alicyclic amines) is 1. The zero-order valence-electron chi connectivity index (χ0n) is 15.3. The summed E-state index contributed by atoms with van der Waals surface area (Å²) < 4.78 is 10.7. The molecule has 0 aromatic heterocycles. The minimum Gasteiger partial charge on any atom is -0.483 e. The van der Waals surface area contributed by atoms with Crippen molar-refractivity contribution < 1.29 is 23.9 Å². The molecule has 6 nitrogen and oxygen atoms in total. The van der Waals surface area contributed by atoms with Crippen molar-refractivity contribution in [2.45, 2.75) is 19.8 Å². The molecule has 142 valence electrons. The molecule has 1 amide bonds. The van der Waals surface area contributed by atoms with E-state index in [0.717, 1.165) is 17.1 Å². The normalized spacial score (nSPS) is 14.8. The van der Waals surface area contributed by atoms with Crippen molar-refractivity contribution in [2.75, 3.05) is 26.3 Å². The molecule has 1 saturated heterocycles. The molecule has 1 heterocycles. The van der Waals surface area contributed by atoms with E-state index in [4.69, 9.17) is 9.47 Å². The van der Waals surface area contributed by atoms with Gasteiger partial charge in [-0.05, 0) is 36.6 Å². The lowest BCUT2D eigenvalue weighted by Crippen LogP contribution is -2.42. The van der Waals surface area contributed by atoms with E-state index >= 15 is 0 Å². The lowest BCUT2D eigenvalue weighted by atomic mass is 9.97. The second kappa shape index (κ2) is 8.66. The molecule has 3 rings (SSSR count). The van der Waals surface area contributed by atoms with Gasteiger partial charge < -0.3 is 14.4 Å². The summed E-state index contributed by atoms with van der Waals surface area (Å²) in [6, 6.07) is 11.1. The fourth-order valence-electron chi connectivity index (χ4n) is 3.38. The number of aldehydes is 1. The summed E-state index contributed by atoms with van der Waals surface area (Å²) in [5.41, 5.74) is 0.446. The number of hydrogen-bond donors (Lipinski definition) is 0. The molecule has 0 N–H and O–H groups in total. The van der Waals surface area contributed by atoms with Crippen LogP contribution in [0.4, 0.5) is 0 Å². The first-order valence-electron chi connectivity index (χ1n) is 9.18. The predicted molar refractivity (Wildman–Crippen MR) is 101 cm³/mol. The van der Waals surface area contributed by atoms with Crippen LogP contribution in [0.15, 0.2) is 36.4 Å². The summed E-state index contributed by atoms with van der Waals surface area (Å²) in [6.07, 6.45) is 1.95. The summed E-state index contributed by atoms with van der Waals surface area (Å²) in [4.78, 5) is 37.4. The fourth-order valence-corrected chi connectivity index (χ4v) is 3.38. The number of esters is 1.